The number of carbonyl (C=O) groups is 2. The van der Waals surface area contributed by atoms with Gasteiger partial charge >= 0.3 is 6.09 Å². The van der Waals surface area contributed by atoms with E-state index in [0.717, 1.165) is 5.06 Å². The van der Waals surface area contributed by atoms with Crippen molar-refractivity contribution in [1.82, 2.24) is 24.6 Å². The number of amides is 2. The zero-order valence-electron chi connectivity index (χ0n) is 17.4. The van der Waals surface area contributed by atoms with Gasteiger partial charge in [0.2, 0.25) is 0 Å². The molecule has 1 aliphatic rings. The number of fused-ring (bicyclic) bond motifs is 1. The number of hydrogen-bond donors (Lipinski definition) is 1. The van der Waals surface area contributed by atoms with Crippen LogP contribution >= 0.6 is 0 Å². The quantitative estimate of drug-likeness (QED) is 0.780. The average molecular weight is 405 g/mol. The summed E-state index contributed by atoms with van der Waals surface area (Å²) in [5, 5.41) is 5.38. The zero-order valence-corrected chi connectivity index (χ0v) is 17.4. The minimum atomic E-state index is -0.541. The van der Waals surface area contributed by atoms with Crippen molar-refractivity contribution in [2.45, 2.75) is 45.1 Å². The van der Waals surface area contributed by atoms with Gasteiger partial charge in [-0.3, -0.25) is 14.4 Å². The molecule has 2 amide bonds. The van der Waals surface area contributed by atoms with E-state index in [2.05, 4.69) is 10.1 Å². The first-order chi connectivity index (χ1) is 13.6. The molecule has 0 saturated carbocycles. The normalized spacial score (nSPS) is 15.6. The Kier molecular flexibility index (Phi) is 5.65. The number of hydroxylamine groups is 2. The van der Waals surface area contributed by atoms with Crippen LogP contribution in [-0.2, 0) is 9.57 Å². The maximum Gasteiger partial charge on any atom is 0.410 e. The molecule has 158 valence electrons. The Balaban J connectivity index is 1.83. The highest BCUT2D eigenvalue weighted by atomic mass is 16.7. The molecule has 0 aliphatic carbocycles. The SMILES string of the molecule is CON(C)C(=O)c1cnn2c(C3CCN(C(=O)OC(C)(C)C)CC3)cc(=O)[nH]c12. The Bertz CT molecular complexity index is 966. The molecule has 1 fully saturated rings. The maximum absolute atomic E-state index is 12.4. The van der Waals surface area contributed by atoms with Crippen LogP contribution in [0.15, 0.2) is 17.1 Å². The van der Waals surface area contributed by atoms with E-state index >= 15 is 0 Å². The van der Waals surface area contributed by atoms with Crippen molar-refractivity contribution in [3.05, 3.63) is 33.9 Å². The first-order valence-electron chi connectivity index (χ1n) is 9.51. The molecule has 1 aliphatic heterocycles. The summed E-state index contributed by atoms with van der Waals surface area (Å²) in [7, 11) is 2.87. The fourth-order valence-electron chi connectivity index (χ4n) is 3.40. The highest BCUT2D eigenvalue weighted by Gasteiger charge is 2.29. The van der Waals surface area contributed by atoms with Gasteiger partial charge in [-0.25, -0.2) is 14.4 Å². The summed E-state index contributed by atoms with van der Waals surface area (Å²) in [6.07, 6.45) is 2.42. The molecule has 0 aromatic carbocycles. The van der Waals surface area contributed by atoms with Gasteiger partial charge < -0.3 is 14.6 Å². The smallest absolute Gasteiger partial charge is 0.410 e. The molecule has 1 N–H and O–H groups in total. The Hall–Kier alpha value is -2.88. The zero-order chi connectivity index (χ0) is 21.3. The first-order valence-corrected chi connectivity index (χ1v) is 9.51. The van der Waals surface area contributed by atoms with Crippen LogP contribution in [0.4, 0.5) is 4.79 Å². The molecule has 0 atom stereocenters. The van der Waals surface area contributed by atoms with Gasteiger partial charge in [-0.05, 0) is 33.6 Å². The number of nitrogens with zero attached hydrogens (tertiary/aromatic N) is 4. The largest absolute Gasteiger partial charge is 0.444 e. The number of hydrogen-bond acceptors (Lipinski definition) is 6. The Morgan fingerprint density at radius 1 is 1.28 bits per heavy atom. The standard InChI is InChI=1S/C19H27N5O5/c1-19(2,3)29-18(27)23-8-6-12(7-9-23)14-10-15(25)21-16-13(11-20-24(14)16)17(26)22(4)28-5/h10-12H,6-9H2,1-5H3,(H,21,25). The first kappa shape index (κ1) is 20.8. The van der Waals surface area contributed by atoms with Crippen LogP contribution in [-0.4, -0.2) is 69.4 Å². The second kappa shape index (κ2) is 7.86. The van der Waals surface area contributed by atoms with Gasteiger partial charge in [-0.1, -0.05) is 0 Å². The van der Waals surface area contributed by atoms with E-state index < -0.39 is 11.5 Å². The predicted molar refractivity (Wildman–Crippen MR) is 105 cm³/mol. The van der Waals surface area contributed by atoms with E-state index in [1.54, 1.807) is 9.42 Å². The summed E-state index contributed by atoms with van der Waals surface area (Å²) in [6, 6.07) is 1.50. The van der Waals surface area contributed by atoms with Crippen molar-refractivity contribution in [3.63, 3.8) is 0 Å². The minimum absolute atomic E-state index is 0.0292. The molecule has 3 heterocycles. The molecule has 0 bridgehead atoms. The highest BCUT2D eigenvalue weighted by Crippen LogP contribution is 2.28. The number of aromatic nitrogens is 3. The minimum Gasteiger partial charge on any atom is -0.444 e. The monoisotopic (exact) mass is 405 g/mol. The Labute approximate surface area is 168 Å². The number of aromatic amines is 1. The van der Waals surface area contributed by atoms with Crippen LogP contribution in [0, 0.1) is 0 Å². The van der Waals surface area contributed by atoms with Gasteiger partial charge in [0.15, 0.2) is 0 Å². The van der Waals surface area contributed by atoms with Gasteiger partial charge in [0, 0.05) is 32.1 Å². The lowest BCUT2D eigenvalue weighted by Crippen LogP contribution is -2.41. The number of piperidine rings is 1. The molecule has 10 heteroatoms. The maximum atomic E-state index is 12.4. The van der Waals surface area contributed by atoms with Crippen LogP contribution in [0.25, 0.3) is 5.65 Å². The molecule has 29 heavy (non-hydrogen) atoms. The van der Waals surface area contributed by atoms with E-state index in [1.807, 2.05) is 20.8 Å². The molecule has 10 nitrogen and oxygen atoms in total. The lowest BCUT2D eigenvalue weighted by atomic mass is 9.93. The van der Waals surface area contributed by atoms with Gasteiger partial charge in [-0.15, -0.1) is 0 Å². The van der Waals surface area contributed by atoms with E-state index in [1.165, 1.54) is 26.4 Å². The second-order valence-corrected chi connectivity index (χ2v) is 8.10. The van der Waals surface area contributed by atoms with Crippen LogP contribution in [0.2, 0.25) is 0 Å². The van der Waals surface area contributed by atoms with E-state index in [4.69, 9.17) is 9.57 Å². The average Bonchev–Trinajstić information content (AvgIpc) is 3.08. The predicted octanol–water partition coefficient (Wildman–Crippen LogP) is 1.77. The molecule has 2 aromatic heterocycles. The number of nitrogens with one attached hydrogen (secondary N) is 1. The van der Waals surface area contributed by atoms with E-state index in [-0.39, 0.29) is 23.1 Å². The second-order valence-electron chi connectivity index (χ2n) is 8.10. The van der Waals surface area contributed by atoms with Gasteiger partial charge in [0.1, 0.15) is 16.8 Å². The molecule has 3 rings (SSSR count). The summed E-state index contributed by atoms with van der Waals surface area (Å²) < 4.78 is 7.02. The van der Waals surface area contributed by atoms with Crippen molar-refractivity contribution in [3.8, 4) is 0 Å². The number of likely N-dealkylation sites (tertiary alicyclic amines) is 1. The Morgan fingerprint density at radius 3 is 2.52 bits per heavy atom. The van der Waals surface area contributed by atoms with Crippen molar-refractivity contribution in [2.75, 3.05) is 27.2 Å². The van der Waals surface area contributed by atoms with Crippen LogP contribution in [0.1, 0.15) is 55.6 Å². The van der Waals surface area contributed by atoms with Crippen LogP contribution in [0.3, 0.4) is 0 Å². The number of carbonyl (C=O) groups excluding carboxylic acids is 2. The van der Waals surface area contributed by atoms with Gasteiger partial charge in [0.05, 0.1) is 19.0 Å². The van der Waals surface area contributed by atoms with Crippen molar-refractivity contribution < 1.29 is 19.2 Å². The summed E-state index contributed by atoms with van der Waals surface area (Å²) in [6.45, 7) is 6.55. The van der Waals surface area contributed by atoms with E-state index in [9.17, 15) is 14.4 Å². The van der Waals surface area contributed by atoms with Crippen molar-refractivity contribution in [1.29, 1.82) is 0 Å². The molecule has 1 saturated heterocycles. The Morgan fingerprint density at radius 2 is 1.93 bits per heavy atom. The third-order valence-corrected chi connectivity index (χ3v) is 4.89. The molecule has 2 aromatic rings. The number of H-pyrrole nitrogens is 1. The number of ether oxygens (including phenoxy) is 1. The summed E-state index contributed by atoms with van der Waals surface area (Å²) >= 11 is 0. The fourth-order valence-corrected chi connectivity index (χ4v) is 3.40. The van der Waals surface area contributed by atoms with Gasteiger partial charge in [0.25, 0.3) is 11.5 Å². The summed E-state index contributed by atoms with van der Waals surface area (Å²) in [4.78, 5) is 46.3. The molecule has 0 unspecified atom stereocenters. The van der Waals surface area contributed by atoms with Crippen LogP contribution < -0.4 is 5.56 Å². The molecular weight excluding hydrogens is 378 g/mol. The van der Waals surface area contributed by atoms with Crippen molar-refractivity contribution >= 4 is 17.6 Å². The molecular formula is C19H27N5O5. The lowest BCUT2D eigenvalue weighted by molar-refractivity contribution is -0.0755. The third-order valence-electron chi connectivity index (χ3n) is 4.89. The number of rotatable bonds is 3. The van der Waals surface area contributed by atoms with E-state index in [0.29, 0.717) is 37.3 Å². The molecule has 0 spiro atoms. The summed E-state index contributed by atoms with van der Waals surface area (Å²) in [5.41, 5.74) is 0.444. The third kappa shape index (κ3) is 4.42. The van der Waals surface area contributed by atoms with Gasteiger partial charge in [-0.2, -0.15) is 5.10 Å². The fraction of sp³-hybridized carbons (Fsp3) is 0.579. The van der Waals surface area contributed by atoms with Crippen molar-refractivity contribution in [2.24, 2.45) is 0 Å². The van der Waals surface area contributed by atoms with Crippen LogP contribution in [0.5, 0.6) is 0 Å². The lowest BCUT2D eigenvalue weighted by Gasteiger charge is -2.33. The topological polar surface area (TPSA) is 109 Å². The summed E-state index contributed by atoms with van der Waals surface area (Å²) in [5.74, 6) is -0.378. The molecule has 0 radical (unpaired) electrons. The highest BCUT2D eigenvalue weighted by molar-refractivity contribution is 5.98.